The average Bonchev–Trinajstić information content (AvgIpc) is 2.38. The van der Waals surface area contributed by atoms with Gasteiger partial charge in [0.2, 0.25) is 9.84 Å². The van der Waals surface area contributed by atoms with Crippen molar-refractivity contribution in [1.29, 1.82) is 0 Å². The van der Waals surface area contributed by atoms with E-state index in [0.29, 0.717) is 11.1 Å². The van der Waals surface area contributed by atoms with Crippen LogP contribution in [0.25, 0.3) is 0 Å². The van der Waals surface area contributed by atoms with Crippen molar-refractivity contribution in [2.75, 3.05) is 0 Å². The van der Waals surface area contributed by atoms with Crippen molar-refractivity contribution in [3.63, 3.8) is 0 Å². The minimum Gasteiger partial charge on any atom is -0.219 e. The molecule has 0 spiro atoms. The lowest BCUT2D eigenvalue weighted by molar-refractivity contribution is -0.137. The summed E-state index contributed by atoms with van der Waals surface area (Å²) in [5.41, 5.74) is -1.01. The van der Waals surface area contributed by atoms with Crippen LogP contribution in [0.5, 0.6) is 0 Å². The molecule has 106 valence electrons. The molecule has 0 bridgehead atoms. The van der Waals surface area contributed by atoms with Crippen LogP contribution in [-0.4, -0.2) is 8.42 Å². The van der Waals surface area contributed by atoms with Gasteiger partial charge in [0.25, 0.3) is 0 Å². The van der Waals surface area contributed by atoms with Crippen molar-refractivity contribution >= 4 is 21.4 Å². The first-order valence-electron chi connectivity index (χ1n) is 5.39. The molecule has 0 aliphatic rings. The number of benzene rings is 2. The van der Waals surface area contributed by atoms with E-state index in [1.165, 1.54) is 24.3 Å². The van der Waals surface area contributed by atoms with E-state index < -0.39 is 26.5 Å². The van der Waals surface area contributed by atoms with Gasteiger partial charge in [0.05, 0.1) is 15.4 Å². The molecule has 0 amide bonds. The van der Waals surface area contributed by atoms with Crippen LogP contribution in [0.1, 0.15) is 5.56 Å². The van der Waals surface area contributed by atoms with Crippen LogP contribution in [0.4, 0.5) is 13.2 Å². The van der Waals surface area contributed by atoms with E-state index in [1.807, 2.05) is 0 Å². The van der Waals surface area contributed by atoms with Crippen molar-refractivity contribution in [2.45, 2.75) is 16.0 Å². The summed E-state index contributed by atoms with van der Waals surface area (Å²) in [4.78, 5) is -0.518. The third-order valence-corrected chi connectivity index (χ3v) is 4.61. The third-order valence-electron chi connectivity index (χ3n) is 2.60. The van der Waals surface area contributed by atoms with Crippen LogP contribution >= 0.6 is 11.6 Å². The Bertz CT molecular complexity index is 722. The maximum Gasteiger partial charge on any atom is 0.416 e. The molecule has 0 fully saturated rings. The van der Waals surface area contributed by atoms with E-state index >= 15 is 0 Å². The first kappa shape index (κ1) is 14.9. The van der Waals surface area contributed by atoms with E-state index in [0.717, 1.165) is 18.2 Å². The quantitative estimate of drug-likeness (QED) is 0.831. The molecule has 2 nitrogen and oxygen atoms in total. The van der Waals surface area contributed by atoms with Crippen LogP contribution in [0, 0.1) is 0 Å². The maximum absolute atomic E-state index is 12.6. The van der Waals surface area contributed by atoms with Gasteiger partial charge in [-0.2, -0.15) is 13.2 Å². The summed E-state index contributed by atoms with van der Waals surface area (Å²) < 4.78 is 62.2. The number of hydrogen-bond donors (Lipinski definition) is 0. The molecule has 0 unspecified atom stereocenters. The Hall–Kier alpha value is -1.53. The average molecular weight is 321 g/mol. The molecule has 0 heterocycles. The van der Waals surface area contributed by atoms with Gasteiger partial charge in [-0.1, -0.05) is 17.7 Å². The summed E-state index contributed by atoms with van der Waals surface area (Å²) in [5, 5.41) is 0.341. The predicted octanol–water partition coefficient (Wildman–Crippen LogP) is 4.19. The molecule has 20 heavy (non-hydrogen) atoms. The summed E-state index contributed by atoms with van der Waals surface area (Å²) in [5.74, 6) is 0. The fourth-order valence-corrected chi connectivity index (χ4v) is 3.02. The second-order valence-electron chi connectivity index (χ2n) is 3.98. The third kappa shape index (κ3) is 2.96. The summed E-state index contributed by atoms with van der Waals surface area (Å²) in [6.45, 7) is 0. The minimum absolute atomic E-state index is 0.110. The number of rotatable bonds is 2. The van der Waals surface area contributed by atoms with Gasteiger partial charge < -0.3 is 0 Å². The highest BCUT2D eigenvalue weighted by Gasteiger charge is 2.31. The molecule has 2 aromatic carbocycles. The smallest absolute Gasteiger partial charge is 0.219 e. The fourth-order valence-electron chi connectivity index (χ4n) is 1.59. The van der Waals surface area contributed by atoms with Crippen LogP contribution in [0.15, 0.2) is 58.3 Å². The highest BCUT2D eigenvalue weighted by Crippen LogP contribution is 2.32. The SMILES string of the molecule is O=S(=O)(c1ccc(Cl)cc1)c1cccc(C(F)(F)F)c1. The number of sulfone groups is 1. The maximum atomic E-state index is 12.6. The fraction of sp³-hybridized carbons (Fsp3) is 0.0769. The van der Waals surface area contributed by atoms with Gasteiger partial charge in [0.15, 0.2) is 0 Å². The van der Waals surface area contributed by atoms with Gasteiger partial charge in [-0.25, -0.2) is 8.42 Å². The number of hydrogen-bond acceptors (Lipinski definition) is 2. The summed E-state index contributed by atoms with van der Waals surface area (Å²) in [6, 6.07) is 8.84. The van der Waals surface area contributed by atoms with Crippen LogP contribution in [-0.2, 0) is 16.0 Å². The Labute approximate surface area is 118 Å². The van der Waals surface area contributed by atoms with Gasteiger partial charge in [-0.15, -0.1) is 0 Å². The molecule has 2 rings (SSSR count). The summed E-state index contributed by atoms with van der Waals surface area (Å²) >= 11 is 5.65. The minimum atomic E-state index is -4.59. The Kier molecular flexibility index (Phi) is 3.80. The molecule has 2 aromatic rings. The highest BCUT2D eigenvalue weighted by molar-refractivity contribution is 7.91. The van der Waals surface area contributed by atoms with Gasteiger partial charge in [-0.3, -0.25) is 0 Å². The van der Waals surface area contributed by atoms with Crippen LogP contribution < -0.4 is 0 Å². The predicted molar refractivity (Wildman–Crippen MR) is 68.3 cm³/mol. The van der Waals surface area contributed by atoms with E-state index in [4.69, 9.17) is 11.6 Å². The van der Waals surface area contributed by atoms with Crippen LogP contribution in [0.3, 0.4) is 0 Å². The molecule has 0 radical (unpaired) electrons. The Morgan fingerprint density at radius 3 is 2.05 bits per heavy atom. The van der Waals surface area contributed by atoms with Gasteiger partial charge in [0, 0.05) is 5.02 Å². The molecular formula is C13H8ClF3O2S. The summed E-state index contributed by atoms with van der Waals surface area (Å²) in [6.07, 6.45) is -4.59. The van der Waals surface area contributed by atoms with Crippen molar-refractivity contribution in [3.8, 4) is 0 Å². The van der Waals surface area contributed by atoms with Crippen molar-refractivity contribution < 1.29 is 21.6 Å². The van der Waals surface area contributed by atoms with Crippen LogP contribution in [0.2, 0.25) is 5.02 Å². The second-order valence-corrected chi connectivity index (χ2v) is 6.37. The standard InChI is InChI=1S/C13H8ClF3O2S/c14-10-4-6-11(7-5-10)20(18,19)12-3-1-2-9(8-12)13(15,16)17/h1-8H. The molecule has 0 saturated heterocycles. The Morgan fingerprint density at radius 1 is 0.900 bits per heavy atom. The number of halogens is 4. The topological polar surface area (TPSA) is 34.1 Å². The molecular weight excluding hydrogens is 313 g/mol. The van der Waals surface area contributed by atoms with Gasteiger partial charge in [-0.05, 0) is 42.5 Å². The zero-order chi connectivity index (χ0) is 15.0. The lowest BCUT2D eigenvalue weighted by Gasteiger charge is -2.09. The van der Waals surface area contributed by atoms with E-state index in [2.05, 4.69) is 0 Å². The molecule has 0 N–H and O–H groups in total. The molecule has 7 heteroatoms. The van der Waals surface area contributed by atoms with E-state index in [9.17, 15) is 21.6 Å². The largest absolute Gasteiger partial charge is 0.416 e. The lowest BCUT2D eigenvalue weighted by atomic mass is 10.2. The monoisotopic (exact) mass is 320 g/mol. The van der Waals surface area contributed by atoms with Crippen molar-refractivity contribution in [2.24, 2.45) is 0 Å². The Morgan fingerprint density at radius 2 is 1.50 bits per heavy atom. The summed E-state index contributed by atoms with van der Waals surface area (Å²) in [7, 11) is -4.00. The first-order chi connectivity index (χ1) is 9.21. The second kappa shape index (κ2) is 5.10. The van der Waals surface area contributed by atoms with E-state index in [1.54, 1.807) is 0 Å². The molecule has 0 aliphatic carbocycles. The zero-order valence-corrected chi connectivity index (χ0v) is 11.4. The Balaban J connectivity index is 2.53. The first-order valence-corrected chi connectivity index (χ1v) is 7.25. The molecule has 0 saturated carbocycles. The van der Waals surface area contributed by atoms with Crippen molar-refractivity contribution in [1.82, 2.24) is 0 Å². The molecule has 0 atom stereocenters. The van der Waals surface area contributed by atoms with Crippen molar-refractivity contribution in [3.05, 3.63) is 59.1 Å². The number of alkyl halides is 3. The zero-order valence-electron chi connectivity index (χ0n) is 9.86. The molecule has 0 aromatic heterocycles. The van der Waals surface area contributed by atoms with Gasteiger partial charge in [0.1, 0.15) is 0 Å². The molecule has 0 aliphatic heterocycles. The van der Waals surface area contributed by atoms with Gasteiger partial charge >= 0.3 is 6.18 Å². The normalized spacial score (nSPS) is 12.4. The highest BCUT2D eigenvalue weighted by atomic mass is 35.5. The lowest BCUT2D eigenvalue weighted by Crippen LogP contribution is -2.08. The van der Waals surface area contributed by atoms with E-state index in [-0.39, 0.29) is 4.90 Å².